The van der Waals surface area contributed by atoms with Crippen LogP contribution in [-0.2, 0) is 14.3 Å². The van der Waals surface area contributed by atoms with Gasteiger partial charge in [0.2, 0.25) is 11.8 Å². The van der Waals surface area contributed by atoms with E-state index in [4.69, 9.17) is 4.74 Å². The Morgan fingerprint density at radius 3 is 2.52 bits per heavy atom. The van der Waals surface area contributed by atoms with Crippen molar-refractivity contribution in [1.29, 1.82) is 0 Å². The summed E-state index contributed by atoms with van der Waals surface area (Å²) >= 11 is 0. The van der Waals surface area contributed by atoms with Crippen molar-refractivity contribution in [2.45, 2.75) is 12.5 Å². The van der Waals surface area contributed by atoms with Gasteiger partial charge in [-0.15, -0.1) is 0 Å². The fourth-order valence-corrected chi connectivity index (χ4v) is 2.56. The number of carbonyl (C=O) groups excluding carboxylic acids is 2. The quantitative estimate of drug-likeness (QED) is 0.691. The molecule has 0 aromatic rings. The van der Waals surface area contributed by atoms with E-state index in [1.807, 2.05) is 4.90 Å². The van der Waals surface area contributed by atoms with E-state index < -0.39 is 0 Å². The highest BCUT2D eigenvalue weighted by molar-refractivity contribution is 5.78. The first-order chi connectivity index (χ1) is 10.1. The Hall–Kier alpha value is -1.18. The molecule has 2 amide bonds. The van der Waals surface area contributed by atoms with Gasteiger partial charge in [-0.3, -0.25) is 14.5 Å². The number of amides is 2. The van der Waals surface area contributed by atoms with Gasteiger partial charge in [-0.2, -0.15) is 0 Å². The molecule has 0 saturated carbocycles. The van der Waals surface area contributed by atoms with E-state index in [0.29, 0.717) is 32.7 Å². The lowest BCUT2D eigenvalue weighted by atomic mass is 10.2. The van der Waals surface area contributed by atoms with Gasteiger partial charge in [0.1, 0.15) is 0 Å². The minimum Gasteiger partial charge on any atom is -0.375 e. The molecule has 0 aromatic heterocycles. The van der Waals surface area contributed by atoms with E-state index in [0.717, 1.165) is 26.2 Å². The SMILES string of the molecule is CN(C)C(=O)CN1CCN(C(=O)CC2CNCCO2)CC1. The first-order valence-corrected chi connectivity index (χ1v) is 7.59. The zero-order chi connectivity index (χ0) is 15.2. The first kappa shape index (κ1) is 16.2. The molecule has 2 aliphatic heterocycles. The molecule has 7 heteroatoms. The number of ether oxygens (including phenoxy) is 1. The highest BCUT2D eigenvalue weighted by Gasteiger charge is 2.25. The largest absolute Gasteiger partial charge is 0.375 e. The van der Waals surface area contributed by atoms with Gasteiger partial charge in [-0.1, -0.05) is 0 Å². The van der Waals surface area contributed by atoms with Crippen LogP contribution in [0.25, 0.3) is 0 Å². The molecule has 2 saturated heterocycles. The van der Waals surface area contributed by atoms with E-state index in [1.165, 1.54) is 0 Å². The summed E-state index contributed by atoms with van der Waals surface area (Å²) in [5.74, 6) is 0.263. The van der Waals surface area contributed by atoms with Crippen LogP contribution >= 0.6 is 0 Å². The second kappa shape index (κ2) is 7.72. The summed E-state index contributed by atoms with van der Waals surface area (Å²) in [6.45, 7) is 5.64. The van der Waals surface area contributed by atoms with Gasteiger partial charge in [-0.25, -0.2) is 0 Å². The molecule has 0 aromatic carbocycles. The maximum absolute atomic E-state index is 12.2. The van der Waals surface area contributed by atoms with Gasteiger partial charge in [0.25, 0.3) is 0 Å². The molecule has 1 unspecified atom stereocenters. The van der Waals surface area contributed by atoms with Crippen molar-refractivity contribution < 1.29 is 14.3 Å². The highest BCUT2D eigenvalue weighted by Crippen LogP contribution is 2.08. The van der Waals surface area contributed by atoms with Gasteiger partial charge in [-0.05, 0) is 0 Å². The Labute approximate surface area is 126 Å². The van der Waals surface area contributed by atoms with Crippen molar-refractivity contribution >= 4 is 11.8 Å². The van der Waals surface area contributed by atoms with Crippen LogP contribution in [0, 0.1) is 0 Å². The van der Waals surface area contributed by atoms with Crippen molar-refractivity contribution in [2.24, 2.45) is 0 Å². The fraction of sp³-hybridized carbons (Fsp3) is 0.857. The van der Waals surface area contributed by atoms with Gasteiger partial charge >= 0.3 is 0 Å². The molecule has 2 fully saturated rings. The minimum absolute atomic E-state index is 0.000372. The lowest BCUT2D eigenvalue weighted by molar-refractivity contribution is -0.137. The number of carbonyl (C=O) groups is 2. The minimum atomic E-state index is -0.000372. The Morgan fingerprint density at radius 2 is 1.95 bits per heavy atom. The number of hydrogen-bond donors (Lipinski definition) is 1. The summed E-state index contributed by atoms with van der Waals surface area (Å²) in [7, 11) is 3.53. The molecule has 0 radical (unpaired) electrons. The zero-order valence-electron chi connectivity index (χ0n) is 13.0. The molecule has 2 rings (SSSR count). The molecule has 1 atom stereocenters. The number of rotatable bonds is 4. The predicted octanol–water partition coefficient (Wildman–Crippen LogP) is -1.40. The number of piperazine rings is 1. The van der Waals surface area contributed by atoms with Crippen molar-refractivity contribution in [3.8, 4) is 0 Å². The fourth-order valence-electron chi connectivity index (χ4n) is 2.56. The summed E-state index contributed by atoms with van der Waals surface area (Å²) in [5.41, 5.74) is 0. The maximum Gasteiger partial charge on any atom is 0.236 e. The third kappa shape index (κ3) is 4.94. The molecule has 0 spiro atoms. The van der Waals surface area contributed by atoms with Gasteiger partial charge in [0.15, 0.2) is 0 Å². The van der Waals surface area contributed by atoms with Crippen molar-refractivity contribution in [3.05, 3.63) is 0 Å². The molecule has 7 nitrogen and oxygen atoms in total. The topological polar surface area (TPSA) is 65.1 Å². The molecule has 21 heavy (non-hydrogen) atoms. The van der Waals surface area contributed by atoms with Crippen LogP contribution in [0.5, 0.6) is 0 Å². The maximum atomic E-state index is 12.2. The average Bonchev–Trinajstić information content (AvgIpc) is 2.48. The number of likely N-dealkylation sites (N-methyl/N-ethyl adjacent to an activating group) is 1. The average molecular weight is 298 g/mol. The Kier molecular flexibility index (Phi) is 5.96. The van der Waals surface area contributed by atoms with Crippen LogP contribution in [0.4, 0.5) is 0 Å². The van der Waals surface area contributed by atoms with Crippen LogP contribution in [0.15, 0.2) is 0 Å². The lowest BCUT2D eigenvalue weighted by Gasteiger charge is -2.35. The van der Waals surface area contributed by atoms with E-state index in [9.17, 15) is 9.59 Å². The summed E-state index contributed by atoms with van der Waals surface area (Å²) in [6.07, 6.45) is 0.448. The number of hydrogen-bond acceptors (Lipinski definition) is 5. The van der Waals surface area contributed by atoms with Crippen LogP contribution in [-0.4, -0.2) is 99.1 Å². The second-order valence-electron chi connectivity index (χ2n) is 5.85. The molecule has 2 heterocycles. The number of morpholine rings is 1. The van der Waals surface area contributed by atoms with E-state index in [1.54, 1.807) is 19.0 Å². The molecule has 2 aliphatic rings. The smallest absolute Gasteiger partial charge is 0.236 e. The lowest BCUT2D eigenvalue weighted by Crippen LogP contribution is -2.52. The number of nitrogens with one attached hydrogen (secondary N) is 1. The van der Waals surface area contributed by atoms with Crippen molar-refractivity contribution in [2.75, 3.05) is 66.5 Å². The number of nitrogens with zero attached hydrogens (tertiary/aromatic N) is 3. The summed E-state index contributed by atoms with van der Waals surface area (Å²) < 4.78 is 5.57. The molecular weight excluding hydrogens is 272 g/mol. The molecule has 1 N–H and O–H groups in total. The van der Waals surface area contributed by atoms with Crippen molar-refractivity contribution in [3.63, 3.8) is 0 Å². The van der Waals surface area contributed by atoms with Crippen LogP contribution in [0.3, 0.4) is 0 Å². The monoisotopic (exact) mass is 298 g/mol. The third-order valence-corrected chi connectivity index (χ3v) is 3.99. The van der Waals surface area contributed by atoms with Crippen LogP contribution < -0.4 is 5.32 Å². The predicted molar refractivity (Wildman–Crippen MR) is 78.9 cm³/mol. The van der Waals surface area contributed by atoms with Gasteiger partial charge in [0, 0.05) is 53.4 Å². The Bertz CT molecular complexity index is 361. The van der Waals surface area contributed by atoms with Gasteiger partial charge < -0.3 is 19.9 Å². The van der Waals surface area contributed by atoms with E-state index >= 15 is 0 Å². The Balaban J connectivity index is 1.70. The molecule has 120 valence electrons. The van der Waals surface area contributed by atoms with Crippen LogP contribution in [0.1, 0.15) is 6.42 Å². The second-order valence-corrected chi connectivity index (χ2v) is 5.85. The summed E-state index contributed by atoms with van der Waals surface area (Å²) in [6, 6.07) is 0. The van der Waals surface area contributed by atoms with Crippen molar-refractivity contribution in [1.82, 2.24) is 20.0 Å². The van der Waals surface area contributed by atoms with Crippen LogP contribution in [0.2, 0.25) is 0 Å². The molecule has 0 bridgehead atoms. The third-order valence-electron chi connectivity index (χ3n) is 3.99. The van der Waals surface area contributed by atoms with E-state index in [2.05, 4.69) is 10.2 Å². The first-order valence-electron chi connectivity index (χ1n) is 7.59. The van der Waals surface area contributed by atoms with Gasteiger partial charge in [0.05, 0.1) is 25.7 Å². The zero-order valence-corrected chi connectivity index (χ0v) is 13.0. The normalized spacial score (nSPS) is 23.9. The standard InChI is InChI=1S/C14H26N4O3/c1-16(2)14(20)11-17-4-6-18(7-5-17)13(19)9-12-10-15-3-8-21-12/h12,15H,3-11H2,1-2H3. The summed E-state index contributed by atoms with van der Waals surface area (Å²) in [5, 5.41) is 3.24. The Morgan fingerprint density at radius 1 is 1.24 bits per heavy atom. The molecule has 0 aliphatic carbocycles. The highest BCUT2D eigenvalue weighted by atomic mass is 16.5. The van der Waals surface area contributed by atoms with E-state index in [-0.39, 0.29) is 17.9 Å². The molecular formula is C14H26N4O3. The summed E-state index contributed by atoms with van der Waals surface area (Å²) in [4.78, 5) is 29.5.